The van der Waals surface area contributed by atoms with Crippen LogP contribution in [-0.4, -0.2) is 52.8 Å². The van der Waals surface area contributed by atoms with Gasteiger partial charge in [-0.05, 0) is 0 Å². The van der Waals surface area contributed by atoms with Gasteiger partial charge in [-0.3, -0.25) is 0 Å². The van der Waals surface area contributed by atoms with Crippen LogP contribution in [-0.2, 0) is 19.1 Å². The average Bonchev–Trinajstić information content (AvgIpc) is 2.28. The molecule has 18 heavy (non-hydrogen) atoms. The van der Waals surface area contributed by atoms with Crippen molar-refractivity contribution in [2.24, 2.45) is 0 Å². The molecule has 0 aromatic carbocycles. The molecule has 0 aliphatic rings. The largest absolute Gasteiger partial charge is 0.458 e. The summed E-state index contributed by atoms with van der Waals surface area (Å²) in [4.78, 5) is 23.3. The Kier molecular flexibility index (Phi) is 11.1. The zero-order valence-corrected chi connectivity index (χ0v) is 16.0. The lowest BCUT2D eigenvalue weighted by atomic mass is 10.5. The molecule has 0 bridgehead atoms. The van der Waals surface area contributed by atoms with Gasteiger partial charge >= 0.3 is 11.9 Å². The van der Waals surface area contributed by atoms with Gasteiger partial charge in [-0.15, -0.1) is 0 Å². The van der Waals surface area contributed by atoms with E-state index >= 15 is 0 Å². The van der Waals surface area contributed by atoms with E-state index in [1.54, 1.807) is 0 Å². The van der Waals surface area contributed by atoms with Crippen LogP contribution in [0.4, 0.5) is 0 Å². The fraction of sp³-hybridized carbons (Fsp3) is 0.778. The second-order valence-electron chi connectivity index (χ2n) is 3.39. The van der Waals surface area contributed by atoms with E-state index in [9.17, 15) is 9.59 Å². The maximum Gasteiger partial charge on any atom is 0.330 e. The number of carbonyl (C=O) groups excluding carboxylic acids is 2. The van der Waals surface area contributed by atoms with Crippen LogP contribution in [0.15, 0.2) is 0 Å². The molecule has 106 valence electrons. The minimum Gasteiger partial charge on any atom is -0.458 e. The molecule has 0 saturated carbocycles. The molecule has 0 fully saturated rings. The predicted molar refractivity (Wildman–Crippen MR) is 81.8 cm³/mol. The summed E-state index contributed by atoms with van der Waals surface area (Å²) < 4.78 is 8.98. The summed E-state index contributed by atoms with van der Waals surface area (Å²) in [6.07, 6.45) is 0. The van der Waals surface area contributed by atoms with Gasteiger partial charge in [0.2, 0.25) is 0 Å². The summed E-state index contributed by atoms with van der Waals surface area (Å²) in [6, 6.07) is 0. The monoisotopic (exact) mass is 516 g/mol. The zero-order chi connectivity index (χ0) is 14.1. The molecule has 0 unspecified atom stereocenters. The standard InChI is InChI=1S/C9H13Br4NO4/c1-14(2-4-17-8(15)6(10)11)3-5-18-9(16)7(12)13/h6-7H,2-5H2,1H3/p+1. The Morgan fingerprint density at radius 3 is 1.56 bits per heavy atom. The quantitative estimate of drug-likeness (QED) is 0.381. The van der Waals surface area contributed by atoms with E-state index in [4.69, 9.17) is 9.47 Å². The normalized spacial score (nSPS) is 11.1. The highest BCUT2D eigenvalue weighted by Gasteiger charge is 2.14. The van der Waals surface area contributed by atoms with Crippen LogP contribution in [0, 0.1) is 0 Å². The first-order valence-electron chi connectivity index (χ1n) is 5.05. The minimum atomic E-state index is -0.471. The van der Waals surface area contributed by atoms with Crippen molar-refractivity contribution in [1.29, 1.82) is 0 Å². The topological polar surface area (TPSA) is 57.0 Å². The molecule has 0 atom stereocenters. The molecule has 0 heterocycles. The van der Waals surface area contributed by atoms with Crippen LogP contribution in [0.25, 0.3) is 0 Å². The van der Waals surface area contributed by atoms with Crippen molar-refractivity contribution < 1.29 is 24.0 Å². The average molecular weight is 520 g/mol. The summed E-state index contributed by atoms with van der Waals surface area (Å²) >= 11 is 12.2. The Hall–Kier alpha value is 0.820. The number of halogens is 4. The predicted octanol–water partition coefficient (Wildman–Crippen LogP) is 0.819. The van der Waals surface area contributed by atoms with Gasteiger partial charge in [0, 0.05) is 0 Å². The SMILES string of the molecule is C[NH+](CCOC(=O)C(Br)Br)CCOC(=O)C(Br)Br. The van der Waals surface area contributed by atoms with Crippen molar-refractivity contribution in [1.82, 2.24) is 0 Å². The summed E-state index contributed by atoms with van der Waals surface area (Å²) in [6.45, 7) is 1.96. The number of alkyl halides is 4. The van der Waals surface area contributed by atoms with Crippen LogP contribution >= 0.6 is 63.7 Å². The molecule has 0 aromatic rings. The molecule has 0 aliphatic heterocycles. The van der Waals surface area contributed by atoms with E-state index < -0.39 is 7.47 Å². The van der Waals surface area contributed by atoms with Crippen LogP contribution < -0.4 is 4.90 Å². The number of ether oxygens (including phenoxy) is 2. The first kappa shape index (κ1) is 18.8. The molecule has 0 radical (unpaired) electrons. The molecule has 0 amide bonds. The number of rotatable bonds is 8. The Morgan fingerprint density at radius 2 is 1.28 bits per heavy atom. The fourth-order valence-corrected chi connectivity index (χ4v) is 1.43. The lowest BCUT2D eigenvalue weighted by Crippen LogP contribution is -3.10. The van der Waals surface area contributed by atoms with Crippen LogP contribution in [0.3, 0.4) is 0 Å². The highest BCUT2D eigenvalue weighted by atomic mass is 79.9. The summed E-state index contributed by atoms with van der Waals surface area (Å²) in [5.41, 5.74) is 0. The number of carbonyl (C=O) groups is 2. The van der Waals surface area contributed by atoms with Crippen molar-refractivity contribution in [3.63, 3.8) is 0 Å². The second-order valence-corrected chi connectivity index (χ2v) is 9.51. The lowest BCUT2D eigenvalue weighted by molar-refractivity contribution is -0.880. The van der Waals surface area contributed by atoms with Gasteiger partial charge in [-0.1, -0.05) is 63.7 Å². The van der Waals surface area contributed by atoms with Gasteiger partial charge in [0.25, 0.3) is 0 Å². The van der Waals surface area contributed by atoms with Crippen molar-refractivity contribution in [2.75, 3.05) is 33.4 Å². The number of hydrogen-bond acceptors (Lipinski definition) is 4. The number of quaternary nitrogens is 1. The van der Waals surface area contributed by atoms with Gasteiger partial charge in [0.15, 0.2) is 7.47 Å². The Balaban J connectivity index is 3.57. The molecule has 0 aliphatic carbocycles. The van der Waals surface area contributed by atoms with Gasteiger partial charge < -0.3 is 14.4 Å². The third-order valence-electron chi connectivity index (χ3n) is 1.90. The molecule has 0 saturated heterocycles. The van der Waals surface area contributed by atoms with Crippen molar-refractivity contribution >= 4 is 75.7 Å². The van der Waals surface area contributed by atoms with Gasteiger partial charge in [0.05, 0.1) is 7.05 Å². The summed E-state index contributed by atoms with van der Waals surface area (Å²) in [5.74, 6) is -0.703. The van der Waals surface area contributed by atoms with Crippen molar-refractivity contribution in [3.05, 3.63) is 0 Å². The summed E-state index contributed by atoms with van der Waals surface area (Å²) in [7, 11) is 1.93. The maximum atomic E-state index is 11.1. The van der Waals surface area contributed by atoms with E-state index in [1.165, 1.54) is 0 Å². The molecule has 5 nitrogen and oxygen atoms in total. The molecule has 0 aromatic heterocycles. The lowest BCUT2D eigenvalue weighted by Gasteiger charge is -2.14. The molecule has 0 spiro atoms. The van der Waals surface area contributed by atoms with Gasteiger partial charge in [-0.25, -0.2) is 9.59 Å². The van der Waals surface area contributed by atoms with E-state index in [1.807, 2.05) is 7.05 Å². The van der Waals surface area contributed by atoms with Gasteiger partial charge in [-0.2, -0.15) is 0 Å². The van der Waals surface area contributed by atoms with E-state index in [-0.39, 0.29) is 11.9 Å². The number of esters is 2. The minimum absolute atomic E-state index is 0.325. The second kappa shape index (κ2) is 10.6. The molecule has 9 heteroatoms. The Morgan fingerprint density at radius 1 is 0.944 bits per heavy atom. The van der Waals surface area contributed by atoms with Crippen LogP contribution in [0.2, 0.25) is 0 Å². The van der Waals surface area contributed by atoms with Gasteiger partial charge in [0.1, 0.15) is 26.3 Å². The van der Waals surface area contributed by atoms with Crippen LogP contribution in [0.1, 0.15) is 0 Å². The first-order valence-corrected chi connectivity index (χ1v) is 8.71. The Bertz CT molecular complexity index is 249. The molecular formula is C9H14Br4NO4+. The number of likely N-dealkylation sites (N-methyl/N-ethyl adjacent to an activating group) is 1. The third kappa shape index (κ3) is 9.71. The zero-order valence-electron chi connectivity index (χ0n) is 9.63. The van der Waals surface area contributed by atoms with Crippen molar-refractivity contribution in [2.45, 2.75) is 7.47 Å². The van der Waals surface area contributed by atoms with E-state index in [0.717, 1.165) is 4.90 Å². The maximum absolute atomic E-state index is 11.1. The fourth-order valence-electron chi connectivity index (χ4n) is 0.903. The summed E-state index contributed by atoms with van der Waals surface area (Å²) in [5, 5.41) is 0. The molecular weight excluding hydrogens is 506 g/mol. The molecule has 1 N–H and O–H groups in total. The van der Waals surface area contributed by atoms with Crippen LogP contribution in [0.5, 0.6) is 0 Å². The van der Waals surface area contributed by atoms with E-state index in [2.05, 4.69) is 63.7 Å². The molecule has 0 rings (SSSR count). The highest BCUT2D eigenvalue weighted by molar-refractivity contribution is 9.25. The smallest absolute Gasteiger partial charge is 0.330 e. The third-order valence-corrected chi connectivity index (χ3v) is 3.40. The van der Waals surface area contributed by atoms with E-state index in [0.29, 0.717) is 26.3 Å². The number of hydrogen-bond donors (Lipinski definition) is 1. The highest BCUT2D eigenvalue weighted by Crippen LogP contribution is 2.09. The first-order chi connectivity index (χ1) is 8.34. The van der Waals surface area contributed by atoms with Crippen molar-refractivity contribution in [3.8, 4) is 0 Å². The Labute approximate surface area is 139 Å². The number of nitrogens with one attached hydrogen (secondary N) is 1.